The van der Waals surface area contributed by atoms with E-state index in [1.165, 1.54) is 5.56 Å². The molecule has 0 fully saturated rings. The van der Waals surface area contributed by atoms with E-state index in [9.17, 15) is 5.11 Å². The van der Waals surface area contributed by atoms with Crippen molar-refractivity contribution in [2.75, 3.05) is 6.61 Å². The second kappa shape index (κ2) is 3.11. The van der Waals surface area contributed by atoms with Gasteiger partial charge in [-0.2, -0.15) is 0 Å². The highest BCUT2D eigenvalue weighted by molar-refractivity contribution is 5.42. The molecule has 1 aromatic carbocycles. The third kappa shape index (κ3) is 1.21. The molecule has 1 N–H and O–H groups in total. The zero-order chi connectivity index (χ0) is 10.3. The van der Waals surface area contributed by atoms with Crippen LogP contribution in [0, 0.1) is 0 Å². The van der Waals surface area contributed by atoms with Crippen molar-refractivity contribution in [3.05, 3.63) is 47.2 Å². The molecule has 0 saturated carbocycles. The van der Waals surface area contributed by atoms with Gasteiger partial charge in [0.05, 0.1) is 6.61 Å². The van der Waals surface area contributed by atoms with Crippen molar-refractivity contribution in [3.63, 3.8) is 0 Å². The third-order valence-corrected chi connectivity index (χ3v) is 3.33. The fraction of sp³-hybridized carbons (Fsp3) is 0.385. The van der Waals surface area contributed by atoms with Crippen molar-refractivity contribution >= 4 is 0 Å². The lowest BCUT2D eigenvalue weighted by Crippen LogP contribution is -2.25. The maximum atomic E-state index is 10.6. The van der Waals surface area contributed by atoms with E-state index in [-0.39, 0.29) is 0 Å². The van der Waals surface area contributed by atoms with Crippen LogP contribution in [0.4, 0.5) is 0 Å². The first kappa shape index (κ1) is 8.98. The summed E-state index contributed by atoms with van der Waals surface area (Å²) in [5.41, 5.74) is 1.42. The summed E-state index contributed by atoms with van der Waals surface area (Å²) in [6.07, 6.45) is 4.62. The zero-order valence-electron chi connectivity index (χ0n) is 8.57. The van der Waals surface area contributed by atoms with E-state index in [0.717, 1.165) is 30.6 Å². The second-order valence-corrected chi connectivity index (χ2v) is 4.22. The van der Waals surface area contributed by atoms with E-state index < -0.39 is 5.60 Å². The highest BCUT2D eigenvalue weighted by Crippen LogP contribution is 2.43. The zero-order valence-corrected chi connectivity index (χ0v) is 8.57. The van der Waals surface area contributed by atoms with Crippen molar-refractivity contribution in [2.45, 2.75) is 24.9 Å². The Balaban J connectivity index is 2.08. The van der Waals surface area contributed by atoms with Crippen LogP contribution in [0.3, 0.4) is 0 Å². The van der Waals surface area contributed by atoms with Crippen LogP contribution in [0.25, 0.3) is 0 Å². The van der Waals surface area contributed by atoms with Gasteiger partial charge in [-0.1, -0.05) is 24.3 Å². The molecule has 1 heterocycles. The number of benzene rings is 1. The van der Waals surface area contributed by atoms with E-state index >= 15 is 0 Å². The monoisotopic (exact) mass is 202 g/mol. The number of hydrogen-bond donors (Lipinski definition) is 1. The predicted molar refractivity (Wildman–Crippen MR) is 57.3 cm³/mol. The Kier molecular flexibility index (Phi) is 1.86. The summed E-state index contributed by atoms with van der Waals surface area (Å²) in [7, 11) is 0. The molecule has 0 bridgehead atoms. The number of rotatable bonds is 1. The molecule has 0 radical (unpaired) electrons. The molecule has 1 aliphatic heterocycles. The average molecular weight is 202 g/mol. The summed E-state index contributed by atoms with van der Waals surface area (Å²) >= 11 is 0. The molecule has 1 unspecified atom stereocenters. The van der Waals surface area contributed by atoms with Gasteiger partial charge < -0.3 is 9.84 Å². The summed E-state index contributed by atoms with van der Waals surface area (Å²) in [4.78, 5) is 0. The lowest BCUT2D eigenvalue weighted by atomic mass is 9.93. The standard InChI is InChI=1S/C13H14O2/c14-13(12-6-3-9-15-12)8-7-10-4-1-2-5-11(10)13/h1-2,4-6,14H,3,7-9H2. The maximum absolute atomic E-state index is 10.6. The molecule has 1 atom stereocenters. The normalized spacial score (nSPS) is 28.5. The number of hydrogen-bond acceptors (Lipinski definition) is 2. The molecule has 1 aromatic rings. The molecule has 2 aliphatic rings. The van der Waals surface area contributed by atoms with Crippen LogP contribution in [0.1, 0.15) is 24.0 Å². The number of aliphatic hydroxyl groups is 1. The molecule has 3 rings (SSSR count). The maximum Gasteiger partial charge on any atom is 0.147 e. The highest BCUT2D eigenvalue weighted by Gasteiger charge is 2.42. The highest BCUT2D eigenvalue weighted by atomic mass is 16.5. The third-order valence-electron chi connectivity index (χ3n) is 3.33. The minimum atomic E-state index is -0.854. The SMILES string of the molecule is OC1(C2=CCCO2)CCc2ccccc21. The van der Waals surface area contributed by atoms with Crippen LogP contribution < -0.4 is 0 Å². The number of aryl methyl sites for hydroxylation is 1. The summed E-state index contributed by atoms with van der Waals surface area (Å²) in [6.45, 7) is 0.708. The lowest BCUT2D eigenvalue weighted by Gasteiger charge is -2.24. The Hall–Kier alpha value is -1.28. The topological polar surface area (TPSA) is 29.5 Å². The molecule has 0 amide bonds. The fourth-order valence-corrected chi connectivity index (χ4v) is 2.55. The van der Waals surface area contributed by atoms with Gasteiger partial charge in [-0.15, -0.1) is 0 Å². The van der Waals surface area contributed by atoms with Gasteiger partial charge in [-0.25, -0.2) is 0 Å². The van der Waals surface area contributed by atoms with Crippen LogP contribution in [0.2, 0.25) is 0 Å². The number of ether oxygens (including phenoxy) is 1. The van der Waals surface area contributed by atoms with Crippen molar-refractivity contribution in [1.29, 1.82) is 0 Å². The van der Waals surface area contributed by atoms with Crippen LogP contribution in [0.5, 0.6) is 0 Å². The minimum absolute atomic E-state index is 0.708. The Labute approximate surface area is 89.2 Å². The van der Waals surface area contributed by atoms with Gasteiger partial charge in [0.25, 0.3) is 0 Å². The second-order valence-electron chi connectivity index (χ2n) is 4.22. The van der Waals surface area contributed by atoms with Gasteiger partial charge in [-0.3, -0.25) is 0 Å². The fourth-order valence-electron chi connectivity index (χ4n) is 2.55. The van der Waals surface area contributed by atoms with Crippen molar-refractivity contribution in [3.8, 4) is 0 Å². The molecule has 0 saturated heterocycles. The molecule has 2 heteroatoms. The van der Waals surface area contributed by atoms with Crippen LogP contribution in [-0.4, -0.2) is 11.7 Å². The van der Waals surface area contributed by atoms with Crippen molar-refractivity contribution < 1.29 is 9.84 Å². The Morgan fingerprint density at radius 1 is 1.27 bits per heavy atom. The first-order valence-corrected chi connectivity index (χ1v) is 5.45. The molecule has 1 aliphatic carbocycles. The molecule has 15 heavy (non-hydrogen) atoms. The minimum Gasteiger partial charge on any atom is -0.494 e. The largest absolute Gasteiger partial charge is 0.494 e. The Morgan fingerprint density at radius 3 is 2.93 bits per heavy atom. The van der Waals surface area contributed by atoms with Crippen LogP contribution >= 0.6 is 0 Å². The van der Waals surface area contributed by atoms with Crippen LogP contribution in [0.15, 0.2) is 36.1 Å². The van der Waals surface area contributed by atoms with Gasteiger partial charge in [0.1, 0.15) is 11.4 Å². The quantitative estimate of drug-likeness (QED) is 0.756. The first-order valence-electron chi connectivity index (χ1n) is 5.45. The van der Waals surface area contributed by atoms with Crippen molar-refractivity contribution in [2.24, 2.45) is 0 Å². The van der Waals surface area contributed by atoms with E-state index in [0.29, 0.717) is 6.61 Å². The van der Waals surface area contributed by atoms with Crippen LogP contribution in [-0.2, 0) is 16.8 Å². The average Bonchev–Trinajstić information content (AvgIpc) is 2.88. The first-order chi connectivity index (χ1) is 7.31. The predicted octanol–water partition coefficient (Wildman–Crippen LogP) is 2.12. The van der Waals surface area contributed by atoms with Gasteiger partial charge >= 0.3 is 0 Å². The summed E-state index contributed by atoms with van der Waals surface area (Å²) in [5, 5.41) is 10.6. The summed E-state index contributed by atoms with van der Waals surface area (Å²) < 4.78 is 5.51. The molecular formula is C13H14O2. The lowest BCUT2D eigenvalue weighted by molar-refractivity contribution is 0.0172. The van der Waals surface area contributed by atoms with Gasteiger partial charge in [0.15, 0.2) is 0 Å². The summed E-state index contributed by atoms with van der Waals surface area (Å²) in [5.74, 6) is 0.757. The number of fused-ring (bicyclic) bond motifs is 1. The van der Waals surface area contributed by atoms with Crippen molar-refractivity contribution in [1.82, 2.24) is 0 Å². The van der Waals surface area contributed by atoms with E-state index in [1.807, 2.05) is 24.3 Å². The molecular weight excluding hydrogens is 188 g/mol. The van der Waals surface area contributed by atoms with Gasteiger partial charge in [-0.05, 0) is 30.0 Å². The van der Waals surface area contributed by atoms with E-state index in [2.05, 4.69) is 6.07 Å². The van der Waals surface area contributed by atoms with Gasteiger partial charge in [0, 0.05) is 6.42 Å². The smallest absolute Gasteiger partial charge is 0.147 e. The molecule has 78 valence electrons. The molecule has 2 nitrogen and oxygen atoms in total. The van der Waals surface area contributed by atoms with E-state index in [1.54, 1.807) is 0 Å². The molecule has 0 spiro atoms. The Bertz CT molecular complexity index is 422. The Morgan fingerprint density at radius 2 is 2.13 bits per heavy atom. The molecule has 0 aromatic heterocycles. The summed E-state index contributed by atoms with van der Waals surface area (Å²) in [6, 6.07) is 8.09. The van der Waals surface area contributed by atoms with Gasteiger partial charge in [0.2, 0.25) is 0 Å². The van der Waals surface area contributed by atoms with E-state index in [4.69, 9.17) is 4.74 Å².